The average molecular weight is 514 g/mol. The molecule has 1 fully saturated rings. The number of rotatable bonds is 4. The maximum atomic E-state index is 13.3. The van der Waals surface area contributed by atoms with Gasteiger partial charge in [0.1, 0.15) is 29.3 Å². The summed E-state index contributed by atoms with van der Waals surface area (Å²) in [6.45, 7) is 4.28. The normalized spacial score (nSPS) is 25.9. The number of ether oxygens (including phenoxy) is 3. The van der Waals surface area contributed by atoms with Crippen LogP contribution in [0, 0.1) is 0 Å². The van der Waals surface area contributed by atoms with E-state index < -0.39 is 65.5 Å². The fourth-order valence-electron chi connectivity index (χ4n) is 4.75. The maximum Gasteiger partial charge on any atom is 0.331 e. The number of aliphatic hydroxyl groups excluding tert-OH is 2. The van der Waals surface area contributed by atoms with Gasteiger partial charge in [-0.2, -0.15) is 0 Å². The highest BCUT2D eigenvalue weighted by molar-refractivity contribution is 6.16. The van der Waals surface area contributed by atoms with Crippen molar-refractivity contribution in [1.29, 1.82) is 0 Å². The van der Waals surface area contributed by atoms with Gasteiger partial charge >= 0.3 is 11.9 Å². The van der Waals surface area contributed by atoms with Crippen LogP contribution in [0.25, 0.3) is 0 Å². The number of fused-ring (bicyclic) bond motifs is 2. The van der Waals surface area contributed by atoms with Crippen LogP contribution in [0.2, 0.25) is 0 Å². The lowest BCUT2D eigenvalue weighted by Gasteiger charge is -2.49. The van der Waals surface area contributed by atoms with Crippen LogP contribution < -0.4 is 0 Å². The summed E-state index contributed by atoms with van der Waals surface area (Å²) in [6.07, 6.45) is -8.09. The lowest BCUT2D eigenvalue weighted by atomic mass is 9.68. The lowest BCUT2D eigenvalue weighted by Crippen LogP contribution is -2.66. The van der Waals surface area contributed by atoms with E-state index >= 15 is 0 Å². The molecule has 0 saturated carbocycles. The van der Waals surface area contributed by atoms with Gasteiger partial charge in [0.05, 0.1) is 11.1 Å². The van der Waals surface area contributed by atoms with Crippen molar-refractivity contribution in [3.63, 3.8) is 0 Å². The zero-order valence-corrected chi connectivity index (χ0v) is 20.1. The van der Waals surface area contributed by atoms with Crippen molar-refractivity contribution in [3.8, 4) is 11.5 Å². The fourth-order valence-corrected chi connectivity index (χ4v) is 4.75. The molecule has 1 aliphatic heterocycles. The number of carbonyl (C=O) groups is 3. The molecule has 0 spiro atoms. The molecule has 5 N–H and O–H groups in total. The minimum absolute atomic E-state index is 0.188. The molecule has 0 radical (unpaired) electrons. The first-order valence-electron chi connectivity index (χ1n) is 11.3. The quantitative estimate of drug-likeness (QED) is 0.287. The predicted octanol–water partition coefficient (Wildman–Crippen LogP) is 0.766. The molecule has 196 valence electrons. The fraction of sp³-hybridized carbons (Fsp3) is 0.346. The second-order valence-electron chi connectivity index (χ2n) is 9.13. The number of carbonyl (C=O) groups excluding carboxylic acids is 3. The molecule has 2 aromatic rings. The van der Waals surface area contributed by atoms with Gasteiger partial charge in [-0.3, -0.25) is 9.59 Å². The first-order chi connectivity index (χ1) is 17.4. The number of ketones is 1. The molecule has 37 heavy (non-hydrogen) atoms. The second kappa shape index (κ2) is 9.60. The number of hydrogen-bond acceptors (Lipinski definition) is 11. The Balaban J connectivity index is 1.92. The molecule has 1 aliphatic carbocycles. The van der Waals surface area contributed by atoms with Crippen LogP contribution >= 0.6 is 0 Å². The Morgan fingerprint density at radius 1 is 0.919 bits per heavy atom. The Kier molecular flexibility index (Phi) is 6.82. The summed E-state index contributed by atoms with van der Waals surface area (Å²) in [5, 5.41) is 55.3. The van der Waals surface area contributed by atoms with Gasteiger partial charge in [-0.05, 0) is 26.0 Å². The molecule has 0 bridgehead atoms. The average Bonchev–Trinajstić information content (AvgIpc) is 2.81. The number of aromatic hydroxyl groups is 2. The van der Waals surface area contributed by atoms with Crippen LogP contribution in [0.1, 0.15) is 47.8 Å². The molecule has 5 unspecified atom stereocenters. The van der Waals surface area contributed by atoms with Crippen LogP contribution in [0.15, 0.2) is 48.0 Å². The standard InChI is InChI=1S/C26H26O11/c1-11(2)10-17(30)36-23-21(32)24(37-25(22(23)33)35-12(3)27)26(34)13-6-4-8-15(28)18(13)20(31)19-14(26)7-5-9-16(19)29/h4-10,21-25,28-29,32-34H,1-3H3. The van der Waals surface area contributed by atoms with Gasteiger partial charge in [0.2, 0.25) is 12.1 Å². The highest BCUT2D eigenvalue weighted by Crippen LogP contribution is 2.50. The van der Waals surface area contributed by atoms with Crippen molar-refractivity contribution in [1.82, 2.24) is 0 Å². The first-order valence-corrected chi connectivity index (χ1v) is 11.3. The van der Waals surface area contributed by atoms with Crippen LogP contribution in [-0.4, -0.2) is 74.0 Å². The monoisotopic (exact) mass is 514 g/mol. The largest absolute Gasteiger partial charge is 0.507 e. The summed E-state index contributed by atoms with van der Waals surface area (Å²) in [6, 6.07) is 7.73. The van der Waals surface area contributed by atoms with Crippen LogP contribution in [0.3, 0.4) is 0 Å². The van der Waals surface area contributed by atoms with Gasteiger partial charge in [-0.25, -0.2) is 4.79 Å². The van der Waals surface area contributed by atoms with E-state index in [-0.39, 0.29) is 22.3 Å². The molecule has 1 heterocycles. The molecule has 0 amide bonds. The Labute approximate surface area is 211 Å². The van der Waals surface area contributed by atoms with E-state index in [9.17, 15) is 39.9 Å². The summed E-state index contributed by atoms with van der Waals surface area (Å²) in [7, 11) is 0. The number of aliphatic hydroxyl groups is 3. The van der Waals surface area contributed by atoms with Crippen molar-refractivity contribution < 1.29 is 54.1 Å². The summed E-state index contributed by atoms with van der Waals surface area (Å²) >= 11 is 0. The van der Waals surface area contributed by atoms with Crippen molar-refractivity contribution in [2.45, 2.75) is 57.1 Å². The minimum atomic E-state index is -2.46. The number of esters is 2. The number of allylic oxidation sites excluding steroid dienone is 1. The Morgan fingerprint density at radius 3 is 1.95 bits per heavy atom. The molecule has 11 nitrogen and oxygen atoms in total. The van der Waals surface area contributed by atoms with Gasteiger partial charge in [0.15, 0.2) is 12.2 Å². The molecule has 5 atom stereocenters. The van der Waals surface area contributed by atoms with Crippen molar-refractivity contribution in [2.75, 3.05) is 0 Å². The Bertz CT molecular complexity index is 1240. The third-order valence-corrected chi connectivity index (χ3v) is 6.26. The number of phenols is 2. The van der Waals surface area contributed by atoms with E-state index in [4.69, 9.17) is 14.2 Å². The van der Waals surface area contributed by atoms with Gasteiger partial charge in [0, 0.05) is 24.1 Å². The van der Waals surface area contributed by atoms with E-state index in [1.165, 1.54) is 36.4 Å². The van der Waals surface area contributed by atoms with Gasteiger partial charge in [0.25, 0.3) is 0 Å². The van der Waals surface area contributed by atoms with Crippen LogP contribution in [0.5, 0.6) is 11.5 Å². The molecule has 2 aromatic carbocycles. The number of hydrogen-bond donors (Lipinski definition) is 5. The van der Waals surface area contributed by atoms with E-state index in [1.807, 2.05) is 0 Å². The molecule has 11 heteroatoms. The van der Waals surface area contributed by atoms with Crippen LogP contribution in [-0.2, 0) is 29.4 Å². The van der Waals surface area contributed by atoms with Gasteiger partial charge < -0.3 is 39.7 Å². The summed E-state index contributed by atoms with van der Waals surface area (Å²) < 4.78 is 16.0. The summed E-state index contributed by atoms with van der Waals surface area (Å²) in [4.78, 5) is 37.4. The molecule has 0 aromatic heterocycles. The smallest absolute Gasteiger partial charge is 0.331 e. The van der Waals surface area contributed by atoms with Gasteiger partial charge in [-0.1, -0.05) is 29.8 Å². The summed E-state index contributed by atoms with van der Waals surface area (Å²) in [5.41, 5.74) is -2.99. The van der Waals surface area contributed by atoms with Crippen LogP contribution in [0.4, 0.5) is 0 Å². The SMILES string of the molecule is CC(=O)OC1OC(C2(O)c3cccc(O)c3C(=O)c3c(O)cccc32)C(O)C(OC(=O)C=C(C)C)C1O. The highest BCUT2D eigenvalue weighted by atomic mass is 16.7. The number of benzene rings is 2. The molecular weight excluding hydrogens is 488 g/mol. The minimum Gasteiger partial charge on any atom is -0.507 e. The third-order valence-electron chi connectivity index (χ3n) is 6.26. The maximum absolute atomic E-state index is 13.3. The van der Waals surface area contributed by atoms with E-state index in [0.29, 0.717) is 5.57 Å². The lowest BCUT2D eigenvalue weighted by molar-refractivity contribution is -0.314. The topological polar surface area (TPSA) is 180 Å². The zero-order valence-electron chi connectivity index (χ0n) is 20.1. The molecular formula is C26H26O11. The Hall–Kier alpha value is -3.77. The molecule has 4 rings (SSSR count). The highest BCUT2D eigenvalue weighted by Gasteiger charge is 2.59. The van der Waals surface area contributed by atoms with Crippen molar-refractivity contribution in [3.05, 3.63) is 70.3 Å². The predicted molar refractivity (Wildman–Crippen MR) is 124 cm³/mol. The first kappa shape index (κ1) is 26.3. The Morgan fingerprint density at radius 2 is 1.46 bits per heavy atom. The molecule has 1 saturated heterocycles. The van der Waals surface area contributed by atoms with Crippen molar-refractivity contribution in [2.24, 2.45) is 0 Å². The second-order valence-corrected chi connectivity index (χ2v) is 9.13. The summed E-state index contributed by atoms with van der Waals surface area (Å²) in [5.74, 6) is -3.62. The number of phenolic OH excluding ortho intramolecular Hbond substituents is 2. The molecule has 2 aliphatic rings. The van der Waals surface area contributed by atoms with E-state index in [1.54, 1.807) is 13.8 Å². The third kappa shape index (κ3) is 4.36. The van der Waals surface area contributed by atoms with E-state index in [0.717, 1.165) is 13.0 Å². The van der Waals surface area contributed by atoms with E-state index in [2.05, 4.69) is 0 Å². The van der Waals surface area contributed by atoms with Gasteiger partial charge in [-0.15, -0.1) is 0 Å². The zero-order chi connectivity index (χ0) is 27.2. The van der Waals surface area contributed by atoms with Crippen molar-refractivity contribution >= 4 is 17.7 Å².